The van der Waals surface area contributed by atoms with E-state index in [0.29, 0.717) is 0 Å². The van der Waals surface area contributed by atoms with Crippen LogP contribution in [0, 0.1) is 0 Å². The van der Waals surface area contributed by atoms with E-state index in [1.54, 1.807) is 22.7 Å². The maximum Gasteiger partial charge on any atom is 0.173 e. The molecule has 3 aromatic heterocycles. The predicted octanol–water partition coefficient (Wildman–Crippen LogP) is 3.46. The molecule has 0 aliphatic rings. The SMILES string of the molecule is CNc1nc(-c2cccs2)nc2sccc12. The summed E-state index contributed by atoms with van der Waals surface area (Å²) in [5, 5.41) is 8.29. The molecule has 3 aromatic rings. The molecule has 0 aliphatic heterocycles. The predicted molar refractivity (Wildman–Crippen MR) is 70.3 cm³/mol. The van der Waals surface area contributed by atoms with Gasteiger partial charge in [-0.1, -0.05) is 6.07 Å². The molecule has 0 fully saturated rings. The summed E-state index contributed by atoms with van der Waals surface area (Å²) >= 11 is 3.30. The lowest BCUT2D eigenvalue weighted by atomic mass is 10.3. The van der Waals surface area contributed by atoms with E-state index in [2.05, 4.69) is 15.3 Å². The number of thiophene rings is 2. The maximum atomic E-state index is 4.56. The average Bonchev–Trinajstić information content (AvgIpc) is 2.97. The summed E-state index contributed by atoms with van der Waals surface area (Å²) in [6.45, 7) is 0. The lowest BCUT2D eigenvalue weighted by Crippen LogP contribution is -1.96. The van der Waals surface area contributed by atoms with Gasteiger partial charge in [-0.25, -0.2) is 9.97 Å². The summed E-state index contributed by atoms with van der Waals surface area (Å²) in [7, 11) is 1.89. The van der Waals surface area contributed by atoms with E-state index in [4.69, 9.17) is 0 Å². The summed E-state index contributed by atoms with van der Waals surface area (Å²) in [4.78, 5) is 11.2. The van der Waals surface area contributed by atoms with Crippen molar-refractivity contribution >= 4 is 38.7 Å². The number of nitrogens with one attached hydrogen (secondary N) is 1. The van der Waals surface area contributed by atoms with Gasteiger partial charge in [-0.2, -0.15) is 0 Å². The molecule has 0 bridgehead atoms. The highest BCUT2D eigenvalue weighted by atomic mass is 32.1. The number of rotatable bonds is 2. The van der Waals surface area contributed by atoms with Crippen molar-refractivity contribution in [3.05, 3.63) is 29.0 Å². The van der Waals surface area contributed by atoms with Crippen LogP contribution in [-0.4, -0.2) is 17.0 Å². The number of hydrogen-bond acceptors (Lipinski definition) is 5. The van der Waals surface area contributed by atoms with Gasteiger partial charge in [0.2, 0.25) is 0 Å². The van der Waals surface area contributed by atoms with Crippen LogP contribution < -0.4 is 5.32 Å². The Hall–Kier alpha value is -1.46. The second-order valence-electron chi connectivity index (χ2n) is 3.26. The molecule has 3 rings (SSSR count). The zero-order chi connectivity index (χ0) is 11.0. The molecule has 0 unspecified atom stereocenters. The zero-order valence-corrected chi connectivity index (χ0v) is 10.2. The average molecular weight is 247 g/mol. The van der Waals surface area contributed by atoms with Crippen molar-refractivity contribution in [2.75, 3.05) is 12.4 Å². The molecule has 0 atom stereocenters. The second kappa shape index (κ2) is 3.84. The van der Waals surface area contributed by atoms with Crippen molar-refractivity contribution in [2.45, 2.75) is 0 Å². The van der Waals surface area contributed by atoms with Crippen molar-refractivity contribution < 1.29 is 0 Å². The highest BCUT2D eigenvalue weighted by Gasteiger charge is 2.09. The van der Waals surface area contributed by atoms with Crippen LogP contribution in [0.25, 0.3) is 20.9 Å². The van der Waals surface area contributed by atoms with Gasteiger partial charge in [0.15, 0.2) is 5.82 Å². The summed E-state index contributed by atoms with van der Waals surface area (Å²) in [6.07, 6.45) is 0. The van der Waals surface area contributed by atoms with Crippen LogP contribution in [-0.2, 0) is 0 Å². The number of nitrogens with zero attached hydrogens (tertiary/aromatic N) is 2. The standard InChI is InChI=1S/C11H9N3S2/c1-12-9-7-4-6-16-11(7)14-10(13-9)8-3-2-5-15-8/h2-6H,1H3,(H,12,13,14). The summed E-state index contributed by atoms with van der Waals surface area (Å²) < 4.78 is 0. The van der Waals surface area contributed by atoms with Gasteiger partial charge in [0.25, 0.3) is 0 Å². The molecular weight excluding hydrogens is 238 g/mol. The molecule has 0 amide bonds. The van der Waals surface area contributed by atoms with Gasteiger partial charge in [0.05, 0.1) is 10.3 Å². The second-order valence-corrected chi connectivity index (χ2v) is 5.10. The molecule has 16 heavy (non-hydrogen) atoms. The van der Waals surface area contributed by atoms with E-state index in [1.165, 1.54) is 0 Å². The first-order chi connectivity index (χ1) is 7.88. The number of aromatic nitrogens is 2. The molecule has 80 valence electrons. The van der Waals surface area contributed by atoms with Gasteiger partial charge in [-0.15, -0.1) is 22.7 Å². The minimum absolute atomic E-state index is 0.800. The zero-order valence-electron chi connectivity index (χ0n) is 8.60. The minimum atomic E-state index is 0.800. The Labute approximate surface area is 101 Å². The molecule has 1 N–H and O–H groups in total. The van der Waals surface area contributed by atoms with Crippen molar-refractivity contribution in [2.24, 2.45) is 0 Å². The van der Waals surface area contributed by atoms with E-state index in [0.717, 1.165) is 26.7 Å². The quantitative estimate of drug-likeness (QED) is 0.753. The maximum absolute atomic E-state index is 4.56. The first kappa shape index (κ1) is 9.74. The van der Waals surface area contributed by atoms with Crippen molar-refractivity contribution in [1.29, 1.82) is 0 Å². The Kier molecular flexibility index (Phi) is 2.34. The van der Waals surface area contributed by atoms with Crippen LogP contribution >= 0.6 is 22.7 Å². The Morgan fingerprint density at radius 2 is 2.06 bits per heavy atom. The third kappa shape index (κ3) is 1.48. The van der Waals surface area contributed by atoms with E-state index < -0.39 is 0 Å². The molecule has 3 nitrogen and oxygen atoms in total. The van der Waals surface area contributed by atoms with Gasteiger partial charge in [-0.05, 0) is 22.9 Å². The molecule has 0 aliphatic carbocycles. The van der Waals surface area contributed by atoms with Gasteiger partial charge in [0.1, 0.15) is 10.6 Å². The number of anilines is 1. The minimum Gasteiger partial charge on any atom is -0.372 e. The molecule has 5 heteroatoms. The molecular formula is C11H9N3S2. The lowest BCUT2D eigenvalue weighted by Gasteiger charge is -2.03. The van der Waals surface area contributed by atoms with E-state index >= 15 is 0 Å². The fraction of sp³-hybridized carbons (Fsp3) is 0.0909. The summed E-state index contributed by atoms with van der Waals surface area (Å²) in [6, 6.07) is 6.10. The molecule has 0 saturated heterocycles. The Bertz CT molecular complexity index is 613. The van der Waals surface area contributed by atoms with E-state index in [9.17, 15) is 0 Å². The Morgan fingerprint density at radius 1 is 1.12 bits per heavy atom. The van der Waals surface area contributed by atoms with Crippen LogP contribution in [0.4, 0.5) is 5.82 Å². The van der Waals surface area contributed by atoms with Crippen molar-refractivity contribution in [3.8, 4) is 10.7 Å². The highest BCUT2D eigenvalue weighted by Crippen LogP contribution is 2.29. The van der Waals surface area contributed by atoms with Crippen molar-refractivity contribution in [3.63, 3.8) is 0 Å². The van der Waals surface area contributed by atoms with Gasteiger partial charge in [0, 0.05) is 7.05 Å². The Balaban J connectivity index is 2.27. The fourth-order valence-electron chi connectivity index (χ4n) is 1.56. The summed E-state index contributed by atoms with van der Waals surface area (Å²) in [5.41, 5.74) is 0. The normalized spacial score (nSPS) is 10.8. The van der Waals surface area contributed by atoms with Crippen LogP contribution in [0.1, 0.15) is 0 Å². The fourth-order valence-corrected chi connectivity index (χ4v) is 2.98. The molecule has 0 radical (unpaired) electrons. The van der Waals surface area contributed by atoms with Crippen molar-refractivity contribution in [1.82, 2.24) is 9.97 Å². The largest absolute Gasteiger partial charge is 0.372 e. The first-order valence-electron chi connectivity index (χ1n) is 4.85. The molecule has 0 saturated carbocycles. The third-order valence-electron chi connectivity index (χ3n) is 2.30. The van der Waals surface area contributed by atoms with E-state index in [-0.39, 0.29) is 0 Å². The van der Waals surface area contributed by atoms with Gasteiger partial charge < -0.3 is 5.32 Å². The number of hydrogen-bond donors (Lipinski definition) is 1. The van der Waals surface area contributed by atoms with Gasteiger partial charge >= 0.3 is 0 Å². The topological polar surface area (TPSA) is 37.8 Å². The molecule has 0 aromatic carbocycles. The number of fused-ring (bicyclic) bond motifs is 1. The van der Waals surface area contributed by atoms with Gasteiger partial charge in [-0.3, -0.25) is 0 Å². The van der Waals surface area contributed by atoms with E-state index in [1.807, 2.05) is 36.0 Å². The summed E-state index contributed by atoms with van der Waals surface area (Å²) in [5.74, 6) is 1.70. The Morgan fingerprint density at radius 3 is 2.81 bits per heavy atom. The monoisotopic (exact) mass is 247 g/mol. The van der Waals surface area contributed by atoms with Crippen LogP contribution in [0.2, 0.25) is 0 Å². The highest BCUT2D eigenvalue weighted by molar-refractivity contribution is 7.17. The smallest absolute Gasteiger partial charge is 0.173 e. The third-order valence-corrected chi connectivity index (χ3v) is 3.98. The van der Waals surface area contributed by atoms with Crippen LogP contribution in [0.15, 0.2) is 29.0 Å². The van der Waals surface area contributed by atoms with Crippen LogP contribution in [0.5, 0.6) is 0 Å². The van der Waals surface area contributed by atoms with Crippen LogP contribution in [0.3, 0.4) is 0 Å². The lowest BCUT2D eigenvalue weighted by molar-refractivity contribution is 1.23. The molecule has 3 heterocycles. The molecule has 0 spiro atoms. The first-order valence-corrected chi connectivity index (χ1v) is 6.61.